The van der Waals surface area contributed by atoms with Gasteiger partial charge in [0.25, 0.3) is 5.91 Å². The van der Waals surface area contributed by atoms with Crippen molar-refractivity contribution in [2.75, 3.05) is 27.8 Å². The lowest BCUT2D eigenvalue weighted by molar-refractivity contribution is 0.0696. The number of benzene rings is 1. The highest BCUT2D eigenvalue weighted by Crippen LogP contribution is 2.34. The number of ether oxygens (including phenoxy) is 2. The lowest BCUT2D eigenvalue weighted by Gasteiger charge is -2.29. The van der Waals surface area contributed by atoms with E-state index in [4.69, 9.17) is 15.2 Å². The Kier molecular flexibility index (Phi) is 5.07. The highest BCUT2D eigenvalue weighted by atomic mass is 16.5. The molecule has 1 aromatic rings. The highest BCUT2D eigenvalue weighted by Gasteiger charge is 2.33. The number of rotatable bonds is 5. The molecule has 5 heteroatoms. The van der Waals surface area contributed by atoms with Gasteiger partial charge in [0.15, 0.2) is 11.5 Å². The summed E-state index contributed by atoms with van der Waals surface area (Å²) in [6, 6.07) is 5.57. The number of carbonyl (C=O) groups excluding carboxylic acids is 1. The van der Waals surface area contributed by atoms with Gasteiger partial charge < -0.3 is 20.1 Å². The minimum atomic E-state index is -0.0453. The predicted molar refractivity (Wildman–Crippen MR) is 81.8 cm³/mol. The van der Waals surface area contributed by atoms with E-state index in [1.165, 1.54) is 0 Å². The average Bonchev–Trinajstić information content (AvgIpc) is 3.00. The molecule has 5 nitrogen and oxygen atoms in total. The smallest absolute Gasteiger partial charge is 0.257 e. The first kappa shape index (κ1) is 15.6. The van der Waals surface area contributed by atoms with E-state index in [2.05, 4.69) is 0 Å². The van der Waals surface area contributed by atoms with Crippen LogP contribution in [0.4, 0.5) is 0 Å². The summed E-state index contributed by atoms with van der Waals surface area (Å²) >= 11 is 0. The first-order valence-corrected chi connectivity index (χ1v) is 7.32. The molecule has 0 bridgehead atoms. The summed E-state index contributed by atoms with van der Waals surface area (Å²) in [5.41, 5.74) is 6.35. The summed E-state index contributed by atoms with van der Waals surface area (Å²) in [5, 5.41) is 0. The molecule has 0 spiro atoms. The highest BCUT2D eigenvalue weighted by molar-refractivity contribution is 5.97. The average molecular weight is 292 g/mol. The SMILES string of the molecule is COc1cccc(C(=O)N(C)C2CCCC2CN)c1OC. The van der Waals surface area contributed by atoms with Crippen LogP contribution < -0.4 is 15.2 Å². The second kappa shape index (κ2) is 6.80. The molecule has 2 N–H and O–H groups in total. The van der Waals surface area contributed by atoms with Gasteiger partial charge in [0.1, 0.15) is 0 Å². The Morgan fingerprint density at radius 2 is 2.10 bits per heavy atom. The van der Waals surface area contributed by atoms with Crippen molar-refractivity contribution < 1.29 is 14.3 Å². The van der Waals surface area contributed by atoms with Gasteiger partial charge in [-0.3, -0.25) is 4.79 Å². The van der Waals surface area contributed by atoms with E-state index in [0.717, 1.165) is 19.3 Å². The van der Waals surface area contributed by atoms with Crippen LogP contribution in [0.3, 0.4) is 0 Å². The third-order valence-corrected chi connectivity index (χ3v) is 4.37. The fourth-order valence-electron chi connectivity index (χ4n) is 3.20. The predicted octanol–water partition coefficient (Wildman–Crippen LogP) is 1.90. The summed E-state index contributed by atoms with van der Waals surface area (Å²) in [6.07, 6.45) is 3.23. The number of carbonyl (C=O) groups is 1. The normalized spacial score (nSPS) is 21.1. The number of nitrogens with two attached hydrogens (primary N) is 1. The first-order chi connectivity index (χ1) is 10.1. The fourth-order valence-corrected chi connectivity index (χ4v) is 3.20. The molecule has 0 aromatic heterocycles. The van der Waals surface area contributed by atoms with E-state index in [1.54, 1.807) is 32.4 Å². The van der Waals surface area contributed by atoms with Crippen LogP contribution in [0.5, 0.6) is 11.5 Å². The lowest BCUT2D eigenvalue weighted by Crippen LogP contribution is -2.41. The maximum absolute atomic E-state index is 12.8. The van der Waals surface area contributed by atoms with Crippen LogP contribution in [0.15, 0.2) is 18.2 Å². The van der Waals surface area contributed by atoms with E-state index >= 15 is 0 Å². The molecule has 0 radical (unpaired) electrons. The molecule has 1 aromatic carbocycles. The second-order valence-electron chi connectivity index (χ2n) is 5.45. The summed E-state index contributed by atoms with van der Waals surface area (Å²) in [4.78, 5) is 14.6. The van der Waals surface area contributed by atoms with Crippen LogP contribution in [0.2, 0.25) is 0 Å². The maximum Gasteiger partial charge on any atom is 0.257 e. The minimum absolute atomic E-state index is 0.0453. The molecule has 1 amide bonds. The number of methoxy groups -OCH3 is 2. The van der Waals surface area contributed by atoms with Crippen LogP contribution in [-0.2, 0) is 0 Å². The zero-order chi connectivity index (χ0) is 15.4. The molecule has 1 aliphatic carbocycles. The molecule has 116 valence electrons. The fraction of sp³-hybridized carbons (Fsp3) is 0.562. The van der Waals surface area contributed by atoms with E-state index in [1.807, 2.05) is 11.9 Å². The van der Waals surface area contributed by atoms with Gasteiger partial charge in [-0.2, -0.15) is 0 Å². The molecule has 1 saturated carbocycles. The number of amides is 1. The lowest BCUT2D eigenvalue weighted by atomic mass is 10.0. The van der Waals surface area contributed by atoms with Gasteiger partial charge in [-0.15, -0.1) is 0 Å². The van der Waals surface area contributed by atoms with E-state index in [0.29, 0.717) is 29.5 Å². The topological polar surface area (TPSA) is 64.8 Å². The molecule has 0 heterocycles. The molecule has 0 aliphatic heterocycles. The van der Waals surface area contributed by atoms with Crippen LogP contribution in [0.25, 0.3) is 0 Å². The van der Waals surface area contributed by atoms with Crippen molar-refractivity contribution in [3.8, 4) is 11.5 Å². The van der Waals surface area contributed by atoms with Gasteiger partial charge in [-0.25, -0.2) is 0 Å². The molecule has 1 aliphatic rings. The van der Waals surface area contributed by atoms with Crippen LogP contribution in [0, 0.1) is 5.92 Å². The Labute approximate surface area is 126 Å². The van der Waals surface area contributed by atoms with Crippen molar-refractivity contribution in [3.63, 3.8) is 0 Å². The largest absolute Gasteiger partial charge is 0.493 e. The van der Waals surface area contributed by atoms with Crippen molar-refractivity contribution in [1.29, 1.82) is 0 Å². The molecule has 2 rings (SSSR count). The third kappa shape index (κ3) is 2.97. The molecular formula is C16H24N2O3. The first-order valence-electron chi connectivity index (χ1n) is 7.32. The zero-order valence-electron chi connectivity index (χ0n) is 13.0. The van der Waals surface area contributed by atoms with Crippen LogP contribution in [0.1, 0.15) is 29.6 Å². The van der Waals surface area contributed by atoms with E-state index in [-0.39, 0.29) is 11.9 Å². The molecule has 0 saturated heterocycles. The molecule has 1 fully saturated rings. The Hall–Kier alpha value is -1.75. The van der Waals surface area contributed by atoms with Gasteiger partial charge in [-0.05, 0) is 37.4 Å². The van der Waals surface area contributed by atoms with Crippen molar-refractivity contribution in [2.24, 2.45) is 11.7 Å². The van der Waals surface area contributed by atoms with Crippen molar-refractivity contribution >= 4 is 5.91 Å². The van der Waals surface area contributed by atoms with Crippen LogP contribution in [-0.4, -0.2) is 44.7 Å². The standard InChI is InChI=1S/C16H24N2O3/c1-18(13-8-4-6-11(13)10-17)16(19)12-7-5-9-14(20-2)15(12)21-3/h5,7,9,11,13H,4,6,8,10,17H2,1-3H3. The van der Waals surface area contributed by atoms with E-state index in [9.17, 15) is 4.79 Å². The summed E-state index contributed by atoms with van der Waals surface area (Å²) in [5.74, 6) is 1.39. The number of hydrogen-bond donors (Lipinski definition) is 1. The second-order valence-corrected chi connectivity index (χ2v) is 5.45. The van der Waals surface area contributed by atoms with Gasteiger partial charge in [0.2, 0.25) is 0 Å². The Morgan fingerprint density at radius 3 is 2.71 bits per heavy atom. The Balaban J connectivity index is 2.27. The molecular weight excluding hydrogens is 268 g/mol. The Morgan fingerprint density at radius 1 is 1.33 bits per heavy atom. The minimum Gasteiger partial charge on any atom is -0.493 e. The van der Waals surface area contributed by atoms with Crippen LogP contribution >= 0.6 is 0 Å². The molecule has 2 atom stereocenters. The summed E-state index contributed by atoms with van der Waals surface area (Å²) in [7, 11) is 4.96. The van der Waals surface area contributed by atoms with E-state index < -0.39 is 0 Å². The van der Waals surface area contributed by atoms with Crippen molar-refractivity contribution in [1.82, 2.24) is 4.90 Å². The third-order valence-electron chi connectivity index (χ3n) is 4.37. The van der Waals surface area contributed by atoms with Gasteiger partial charge in [0, 0.05) is 13.1 Å². The van der Waals surface area contributed by atoms with Gasteiger partial charge in [0.05, 0.1) is 19.8 Å². The Bertz CT molecular complexity index is 504. The number of nitrogens with zero attached hydrogens (tertiary/aromatic N) is 1. The summed E-state index contributed by atoms with van der Waals surface area (Å²) in [6.45, 7) is 0.623. The molecule has 2 unspecified atom stereocenters. The summed E-state index contributed by atoms with van der Waals surface area (Å²) < 4.78 is 10.6. The maximum atomic E-state index is 12.8. The molecule has 21 heavy (non-hydrogen) atoms. The van der Waals surface area contributed by atoms with Crippen molar-refractivity contribution in [3.05, 3.63) is 23.8 Å². The monoisotopic (exact) mass is 292 g/mol. The van der Waals surface area contributed by atoms with Crippen molar-refractivity contribution in [2.45, 2.75) is 25.3 Å². The zero-order valence-corrected chi connectivity index (χ0v) is 13.0. The van der Waals surface area contributed by atoms with Gasteiger partial charge >= 0.3 is 0 Å². The number of hydrogen-bond acceptors (Lipinski definition) is 4. The quantitative estimate of drug-likeness (QED) is 0.900. The van der Waals surface area contributed by atoms with Gasteiger partial charge in [-0.1, -0.05) is 12.5 Å². The number of para-hydroxylation sites is 1.